The highest BCUT2D eigenvalue weighted by atomic mass is 15.1. The van der Waals surface area contributed by atoms with Crippen LogP contribution in [0.4, 0.5) is 0 Å². The number of aromatic nitrogens is 1. The van der Waals surface area contributed by atoms with Crippen LogP contribution in [0.2, 0.25) is 0 Å². The molecule has 0 aromatic carbocycles. The minimum atomic E-state index is 0.572. The number of rotatable bonds is 5. The average Bonchev–Trinajstić information content (AvgIpc) is 2.44. The first-order valence-electron chi connectivity index (χ1n) is 7.58. The van der Waals surface area contributed by atoms with Crippen LogP contribution in [0, 0.1) is 6.92 Å². The maximum atomic E-state index is 4.82. The van der Waals surface area contributed by atoms with E-state index in [1.54, 1.807) is 0 Å². The first-order chi connectivity index (χ1) is 9.13. The van der Waals surface area contributed by atoms with Crippen LogP contribution in [0.3, 0.4) is 0 Å². The summed E-state index contributed by atoms with van der Waals surface area (Å²) in [6.45, 7) is 13.1. The molecule has 0 fully saturated rings. The Kier molecular flexibility index (Phi) is 4.94. The van der Waals surface area contributed by atoms with E-state index in [1.165, 1.54) is 28.9 Å². The molecule has 2 rings (SSSR count). The number of nitrogens with one attached hydrogen (secondary N) is 1. The number of fused-ring (bicyclic) bond motifs is 1. The van der Waals surface area contributed by atoms with Crippen molar-refractivity contribution in [1.29, 1.82) is 0 Å². The van der Waals surface area contributed by atoms with Crippen molar-refractivity contribution in [3.63, 3.8) is 0 Å². The molecule has 0 radical (unpaired) electrons. The van der Waals surface area contributed by atoms with Crippen molar-refractivity contribution >= 4 is 0 Å². The second-order valence-electron chi connectivity index (χ2n) is 5.65. The third-order valence-electron chi connectivity index (χ3n) is 4.25. The van der Waals surface area contributed by atoms with Gasteiger partial charge in [-0.05, 0) is 44.0 Å². The third kappa shape index (κ3) is 3.54. The molecule has 1 atom stereocenters. The highest BCUT2D eigenvalue weighted by molar-refractivity contribution is 5.31. The molecule has 1 N–H and O–H groups in total. The first-order valence-corrected chi connectivity index (χ1v) is 7.58. The van der Waals surface area contributed by atoms with Crippen molar-refractivity contribution in [1.82, 2.24) is 15.2 Å². The fraction of sp³-hybridized carbons (Fsp3) is 0.688. The smallest absolute Gasteiger partial charge is 0.0464 e. The molecule has 1 aromatic heterocycles. The van der Waals surface area contributed by atoms with Crippen LogP contribution in [0.15, 0.2) is 6.07 Å². The maximum Gasteiger partial charge on any atom is 0.0464 e. The van der Waals surface area contributed by atoms with Crippen LogP contribution in [0.25, 0.3) is 0 Å². The van der Waals surface area contributed by atoms with Crippen molar-refractivity contribution in [3.8, 4) is 0 Å². The number of nitrogens with zero attached hydrogens (tertiary/aromatic N) is 2. The molecule has 1 aromatic rings. The van der Waals surface area contributed by atoms with E-state index >= 15 is 0 Å². The highest BCUT2D eigenvalue weighted by Gasteiger charge is 2.17. The summed E-state index contributed by atoms with van der Waals surface area (Å²) in [5.74, 6) is 0. The summed E-state index contributed by atoms with van der Waals surface area (Å²) in [6, 6.07) is 2.94. The molecular weight excluding hydrogens is 234 g/mol. The molecule has 0 bridgehead atoms. The summed E-state index contributed by atoms with van der Waals surface area (Å²) >= 11 is 0. The van der Waals surface area contributed by atoms with Gasteiger partial charge in [-0.3, -0.25) is 9.88 Å². The van der Waals surface area contributed by atoms with Gasteiger partial charge >= 0.3 is 0 Å². The number of pyridine rings is 1. The van der Waals surface area contributed by atoms with E-state index < -0.39 is 0 Å². The number of hydrogen-bond acceptors (Lipinski definition) is 3. The Hall–Kier alpha value is -0.930. The molecule has 19 heavy (non-hydrogen) atoms. The van der Waals surface area contributed by atoms with E-state index in [9.17, 15) is 0 Å². The van der Waals surface area contributed by atoms with Crippen LogP contribution in [-0.2, 0) is 19.5 Å². The predicted molar refractivity (Wildman–Crippen MR) is 80.2 cm³/mol. The Labute approximate surface area is 117 Å². The standard InChI is InChI=1S/C16H27N3/c1-5-12(3)17-10-14-9-15-11-19(6-2)8-7-16(15)18-13(14)4/h9,12,17H,5-8,10-11H2,1-4H3. The van der Waals surface area contributed by atoms with E-state index in [0.29, 0.717) is 6.04 Å². The fourth-order valence-electron chi connectivity index (χ4n) is 2.56. The molecule has 2 heterocycles. The van der Waals surface area contributed by atoms with Gasteiger partial charge in [0.1, 0.15) is 0 Å². The average molecular weight is 261 g/mol. The molecule has 1 aliphatic rings. The highest BCUT2D eigenvalue weighted by Crippen LogP contribution is 2.20. The van der Waals surface area contributed by atoms with E-state index in [4.69, 9.17) is 4.98 Å². The normalized spacial score (nSPS) is 17.3. The lowest BCUT2D eigenvalue weighted by Gasteiger charge is -2.28. The minimum Gasteiger partial charge on any atom is -0.310 e. The summed E-state index contributed by atoms with van der Waals surface area (Å²) in [5, 5.41) is 3.57. The van der Waals surface area contributed by atoms with E-state index in [0.717, 1.165) is 32.6 Å². The molecule has 106 valence electrons. The van der Waals surface area contributed by atoms with Crippen molar-refractivity contribution in [2.24, 2.45) is 0 Å². The van der Waals surface area contributed by atoms with Gasteiger partial charge in [-0.1, -0.05) is 13.8 Å². The van der Waals surface area contributed by atoms with Gasteiger partial charge in [-0.2, -0.15) is 0 Å². The largest absolute Gasteiger partial charge is 0.310 e. The van der Waals surface area contributed by atoms with Crippen LogP contribution in [-0.4, -0.2) is 29.0 Å². The van der Waals surface area contributed by atoms with Gasteiger partial charge in [-0.15, -0.1) is 0 Å². The van der Waals surface area contributed by atoms with Gasteiger partial charge in [0, 0.05) is 43.5 Å². The molecule has 1 aliphatic heterocycles. The maximum absolute atomic E-state index is 4.82. The molecule has 0 saturated carbocycles. The molecule has 0 spiro atoms. The topological polar surface area (TPSA) is 28.2 Å². The monoisotopic (exact) mass is 261 g/mol. The Bertz CT molecular complexity index is 428. The lowest BCUT2D eigenvalue weighted by Crippen LogP contribution is -2.31. The zero-order valence-electron chi connectivity index (χ0n) is 12.8. The van der Waals surface area contributed by atoms with E-state index in [-0.39, 0.29) is 0 Å². The second kappa shape index (κ2) is 6.49. The zero-order valence-corrected chi connectivity index (χ0v) is 12.8. The van der Waals surface area contributed by atoms with Crippen LogP contribution in [0.1, 0.15) is 49.7 Å². The molecule has 1 unspecified atom stereocenters. The third-order valence-corrected chi connectivity index (χ3v) is 4.25. The fourth-order valence-corrected chi connectivity index (χ4v) is 2.56. The Balaban J connectivity index is 2.12. The van der Waals surface area contributed by atoms with Crippen LogP contribution >= 0.6 is 0 Å². The van der Waals surface area contributed by atoms with E-state index in [1.807, 2.05) is 0 Å². The summed E-state index contributed by atoms with van der Waals surface area (Å²) in [4.78, 5) is 7.31. The zero-order chi connectivity index (χ0) is 13.8. The summed E-state index contributed by atoms with van der Waals surface area (Å²) < 4.78 is 0. The number of hydrogen-bond donors (Lipinski definition) is 1. The molecule has 0 amide bonds. The molecular formula is C16H27N3. The van der Waals surface area contributed by atoms with Crippen molar-refractivity contribution in [2.45, 2.75) is 59.7 Å². The molecule has 3 heteroatoms. The summed E-state index contributed by atoms with van der Waals surface area (Å²) in [5.41, 5.74) is 5.30. The van der Waals surface area contributed by atoms with Gasteiger partial charge in [0.05, 0.1) is 0 Å². The van der Waals surface area contributed by atoms with Crippen LogP contribution in [0.5, 0.6) is 0 Å². The lowest BCUT2D eigenvalue weighted by molar-refractivity contribution is 0.265. The van der Waals surface area contributed by atoms with Crippen molar-refractivity contribution < 1.29 is 0 Å². The van der Waals surface area contributed by atoms with Crippen molar-refractivity contribution in [3.05, 3.63) is 28.6 Å². The second-order valence-corrected chi connectivity index (χ2v) is 5.65. The van der Waals surface area contributed by atoms with Gasteiger partial charge in [-0.25, -0.2) is 0 Å². The Morgan fingerprint density at radius 3 is 2.89 bits per heavy atom. The summed E-state index contributed by atoms with van der Waals surface area (Å²) in [7, 11) is 0. The molecule has 3 nitrogen and oxygen atoms in total. The number of likely N-dealkylation sites (N-methyl/N-ethyl adjacent to an activating group) is 1. The molecule has 0 saturated heterocycles. The SMILES string of the molecule is CCC(C)NCc1cc2c(nc1C)CCN(CC)C2. The Morgan fingerprint density at radius 2 is 2.21 bits per heavy atom. The van der Waals surface area contributed by atoms with Gasteiger partial charge in [0.25, 0.3) is 0 Å². The lowest BCUT2D eigenvalue weighted by atomic mass is 10.0. The van der Waals surface area contributed by atoms with Crippen LogP contribution < -0.4 is 5.32 Å². The Morgan fingerprint density at radius 1 is 1.42 bits per heavy atom. The van der Waals surface area contributed by atoms with Gasteiger partial charge in [0.15, 0.2) is 0 Å². The van der Waals surface area contributed by atoms with Gasteiger partial charge in [0.2, 0.25) is 0 Å². The summed E-state index contributed by atoms with van der Waals surface area (Å²) in [6.07, 6.45) is 2.27. The quantitative estimate of drug-likeness (QED) is 0.883. The minimum absolute atomic E-state index is 0.572. The van der Waals surface area contributed by atoms with Gasteiger partial charge < -0.3 is 5.32 Å². The predicted octanol–water partition coefficient (Wildman–Crippen LogP) is 2.66. The van der Waals surface area contributed by atoms with E-state index in [2.05, 4.69) is 44.0 Å². The first kappa shape index (κ1) is 14.5. The van der Waals surface area contributed by atoms with Crippen molar-refractivity contribution in [2.75, 3.05) is 13.1 Å². The molecule has 0 aliphatic carbocycles. The number of aryl methyl sites for hydroxylation is 1.